The van der Waals surface area contributed by atoms with E-state index in [0.29, 0.717) is 0 Å². The number of hydrogen-bond donors (Lipinski definition) is 0. The first-order valence-electron chi connectivity index (χ1n) is 8.36. The predicted octanol–water partition coefficient (Wildman–Crippen LogP) is 5.79. The molecule has 0 radical (unpaired) electrons. The highest BCUT2D eigenvalue weighted by atomic mass is 14.9. The average molecular weight is 322 g/mol. The Morgan fingerprint density at radius 1 is 0.520 bits per heavy atom. The summed E-state index contributed by atoms with van der Waals surface area (Å²) in [5.41, 5.74) is 6.31. The molecule has 120 valence electrons. The quantitative estimate of drug-likeness (QED) is 0.477. The largest absolute Gasteiger partial charge is 0.228 e. The van der Waals surface area contributed by atoms with Crippen LogP contribution in [-0.2, 0) is 0 Å². The number of benzene rings is 3. The molecule has 0 N–H and O–H groups in total. The number of hydrogen-bond acceptors (Lipinski definition) is 2. The van der Waals surface area contributed by atoms with E-state index in [0.717, 1.165) is 33.9 Å². The molecule has 1 aromatic heterocycles. The number of rotatable bonds is 3. The Bertz CT molecular complexity index is 918. The van der Waals surface area contributed by atoms with Crippen molar-refractivity contribution >= 4 is 0 Å². The van der Waals surface area contributed by atoms with E-state index in [1.54, 1.807) is 0 Å². The minimum Gasteiger partial charge on any atom is -0.228 e. The van der Waals surface area contributed by atoms with Crippen molar-refractivity contribution in [2.24, 2.45) is 0 Å². The maximum absolute atomic E-state index is 4.82. The summed E-state index contributed by atoms with van der Waals surface area (Å²) in [7, 11) is 0. The Morgan fingerprint density at radius 2 is 1.00 bits per heavy atom. The molecule has 3 aromatic carbocycles. The van der Waals surface area contributed by atoms with Crippen molar-refractivity contribution in [1.29, 1.82) is 0 Å². The molecule has 0 aliphatic carbocycles. The highest BCUT2D eigenvalue weighted by Crippen LogP contribution is 2.27. The Balaban J connectivity index is 1.90. The minimum atomic E-state index is 0.750. The maximum Gasteiger partial charge on any atom is 0.160 e. The van der Waals surface area contributed by atoms with Gasteiger partial charge in [-0.05, 0) is 13.0 Å². The fourth-order valence-electron chi connectivity index (χ4n) is 2.79. The average Bonchev–Trinajstić information content (AvgIpc) is 2.69. The molecule has 0 spiro atoms. The van der Waals surface area contributed by atoms with Crippen molar-refractivity contribution in [3.63, 3.8) is 0 Å². The van der Waals surface area contributed by atoms with E-state index in [-0.39, 0.29) is 0 Å². The Kier molecular flexibility index (Phi) is 4.09. The molecule has 1 heterocycles. The lowest BCUT2D eigenvalue weighted by Crippen LogP contribution is -1.95. The Labute approximate surface area is 147 Å². The molecular formula is C23H18N2. The second-order valence-corrected chi connectivity index (χ2v) is 6.06. The van der Waals surface area contributed by atoms with Gasteiger partial charge in [0, 0.05) is 16.7 Å². The zero-order valence-corrected chi connectivity index (χ0v) is 14.1. The highest BCUT2D eigenvalue weighted by molar-refractivity contribution is 5.71. The van der Waals surface area contributed by atoms with Gasteiger partial charge in [0.2, 0.25) is 0 Å². The van der Waals surface area contributed by atoms with Crippen LogP contribution in [0.5, 0.6) is 0 Å². The molecule has 0 bridgehead atoms. The van der Waals surface area contributed by atoms with E-state index in [1.807, 2.05) is 36.4 Å². The van der Waals surface area contributed by atoms with Crippen LogP contribution in [0.1, 0.15) is 5.56 Å². The highest BCUT2D eigenvalue weighted by Gasteiger charge is 2.10. The van der Waals surface area contributed by atoms with Gasteiger partial charge in [0.1, 0.15) is 0 Å². The fraction of sp³-hybridized carbons (Fsp3) is 0.0435. The molecule has 0 saturated heterocycles. The van der Waals surface area contributed by atoms with E-state index in [1.165, 1.54) is 5.56 Å². The maximum atomic E-state index is 4.82. The van der Waals surface area contributed by atoms with Gasteiger partial charge in [-0.2, -0.15) is 0 Å². The smallest absolute Gasteiger partial charge is 0.160 e. The summed E-state index contributed by atoms with van der Waals surface area (Å²) >= 11 is 0. The van der Waals surface area contributed by atoms with Crippen molar-refractivity contribution in [2.45, 2.75) is 6.92 Å². The van der Waals surface area contributed by atoms with Crippen LogP contribution < -0.4 is 0 Å². The predicted molar refractivity (Wildman–Crippen MR) is 103 cm³/mol. The number of aromatic nitrogens is 2. The molecule has 0 aliphatic rings. The first-order valence-corrected chi connectivity index (χ1v) is 8.36. The third-order valence-corrected chi connectivity index (χ3v) is 4.18. The lowest BCUT2D eigenvalue weighted by atomic mass is 10.1. The standard InChI is InChI=1S/C23H18N2/c1-17-12-14-20(15-13-17)23-24-21(18-8-4-2-5-9-18)16-22(25-23)19-10-6-3-7-11-19/h2-16H,1H3. The van der Waals surface area contributed by atoms with Crippen LogP contribution in [0.4, 0.5) is 0 Å². The van der Waals surface area contributed by atoms with Gasteiger partial charge in [0.15, 0.2) is 5.82 Å². The lowest BCUT2D eigenvalue weighted by Gasteiger charge is -2.09. The van der Waals surface area contributed by atoms with Crippen molar-refractivity contribution in [3.05, 3.63) is 96.6 Å². The molecule has 0 unspecified atom stereocenters. The molecule has 0 aliphatic heterocycles. The van der Waals surface area contributed by atoms with Crippen molar-refractivity contribution in [3.8, 4) is 33.9 Å². The van der Waals surface area contributed by atoms with Gasteiger partial charge in [-0.25, -0.2) is 9.97 Å². The molecule has 0 amide bonds. The minimum absolute atomic E-state index is 0.750. The van der Waals surface area contributed by atoms with Gasteiger partial charge >= 0.3 is 0 Å². The molecule has 0 atom stereocenters. The summed E-state index contributed by atoms with van der Waals surface area (Å²) in [6.07, 6.45) is 0. The lowest BCUT2D eigenvalue weighted by molar-refractivity contribution is 1.18. The van der Waals surface area contributed by atoms with Gasteiger partial charge in [0.05, 0.1) is 11.4 Å². The van der Waals surface area contributed by atoms with Crippen LogP contribution >= 0.6 is 0 Å². The van der Waals surface area contributed by atoms with E-state index in [9.17, 15) is 0 Å². The summed E-state index contributed by atoms with van der Waals surface area (Å²) < 4.78 is 0. The topological polar surface area (TPSA) is 25.8 Å². The fourth-order valence-corrected chi connectivity index (χ4v) is 2.79. The normalized spacial score (nSPS) is 10.6. The van der Waals surface area contributed by atoms with Crippen LogP contribution in [0, 0.1) is 6.92 Å². The van der Waals surface area contributed by atoms with Gasteiger partial charge in [-0.3, -0.25) is 0 Å². The summed E-state index contributed by atoms with van der Waals surface area (Å²) in [6.45, 7) is 2.08. The molecule has 2 nitrogen and oxygen atoms in total. The van der Waals surface area contributed by atoms with Gasteiger partial charge in [-0.15, -0.1) is 0 Å². The Morgan fingerprint density at radius 3 is 1.48 bits per heavy atom. The molecular weight excluding hydrogens is 304 g/mol. The second-order valence-electron chi connectivity index (χ2n) is 6.06. The van der Waals surface area contributed by atoms with Crippen molar-refractivity contribution in [2.75, 3.05) is 0 Å². The monoisotopic (exact) mass is 322 g/mol. The van der Waals surface area contributed by atoms with Crippen LogP contribution in [0.25, 0.3) is 33.9 Å². The van der Waals surface area contributed by atoms with E-state index < -0.39 is 0 Å². The van der Waals surface area contributed by atoms with Crippen molar-refractivity contribution < 1.29 is 0 Å². The third-order valence-electron chi connectivity index (χ3n) is 4.18. The second kappa shape index (κ2) is 6.70. The van der Waals surface area contributed by atoms with Gasteiger partial charge in [-0.1, -0.05) is 90.5 Å². The molecule has 25 heavy (non-hydrogen) atoms. The third kappa shape index (κ3) is 3.33. The van der Waals surface area contributed by atoms with E-state index in [4.69, 9.17) is 9.97 Å². The first kappa shape index (κ1) is 15.3. The zero-order valence-electron chi connectivity index (χ0n) is 14.1. The Hall–Kier alpha value is -3.26. The SMILES string of the molecule is Cc1ccc(-c2nc(-c3ccccc3)cc(-c3ccccc3)n2)cc1. The van der Waals surface area contributed by atoms with E-state index in [2.05, 4.69) is 61.5 Å². The molecule has 0 fully saturated rings. The molecule has 4 rings (SSSR count). The van der Waals surface area contributed by atoms with Gasteiger partial charge in [0.25, 0.3) is 0 Å². The summed E-state index contributed by atoms with van der Waals surface area (Å²) in [6, 6.07) is 30.9. The van der Waals surface area contributed by atoms with Gasteiger partial charge < -0.3 is 0 Å². The van der Waals surface area contributed by atoms with Crippen LogP contribution in [-0.4, -0.2) is 9.97 Å². The first-order chi connectivity index (χ1) is 12.3. The molecule has 2 heteroatoms. The summed E-state index contributed by atoms with van der Waals surface area (Å²) in [5.74, 6) is 0.750. The summed E-state index contributed by atoms with van der Waals surface area (Å²) in [4.78, 5) is 9.64. The van der Waals surface area contributed by atoms with Crippen LogP contribution in [0.15, 0.2) is 91.0 Å². The number of aryl methyl sites for hydroxylation is 1. The van der Waals surface area contributed by atoms with E-state index >= 15 is 0 Å². The number of nitrogens with zero attached hydrogens (tertiary/aromatic N) is 2. The molecule has 0 saturated carbocycles. The van der Waals surface area contributed by atoms with Crippen molar-refractivity contribution in [1.82, 2.24) is 9.97 Å². The molecule has 4 aromatic rings. The van der Waals surface area contributed by atoms with Crippen LogP contribution in [0.3, 0.4) is 0 Å². The van der Waals surface area contributed by atoms with Crippen LogP contribution in [0.2, 0.25) is 0 Å². The zero-order chi connectivity index (χ0) is 17.1. The summed E-state index contributed by atoms with van der Waals surface area (Å²) in [5, 5.41) is 0.